The molecule has 1 amide bonds. The molecular formula is C22H23N3O3. The van der Waals surface area contributed by atoms with Gasteiger partial charge in [-0.05, 0) is 25.1 Å². The molecule has 0 atom stereocenters. The Kier molecular flexibility index (Phi) is 5.10. The zero-order valence-electron chi connectivity index (χ0n) is 15.9. The standard InChI is InChI=1S/C22H23N3O3/c1-16-19-9-5-6-10-20(19)22(27)25(23-16)15-21(26)24-13-11-18(12-14-24)28-17-7-3-2-4-8-17/h2-10,18H,11-15H2,1H3. The number of likely N-dealkylation sites (tertiary alicyclic amines) is 1. The zero-order chi connectivity index (χ0) is 19.5. The van der Waals surface area contributed by atoms with Gasteiger partial charge >= 0.3 is 0 Å². The van der Waals surface area contributed by atoms with Crippen LogP contribution >= 0.6 is 0 Å². The highest BCUT2D eigenvalue weighted by Gasteiger charge is 2.24. The number of rotatable bonds is 4. The van der Waals surface area contributed by atoms with Gasteiger partial charge in [0.25, 0.3) is 5.56 Å². The van der Waals surface area contributed by atoms with Crippen molar-refractivity contribution >= 4 is 16.7 Å². The van der Waals surface area contributed by atoms with Gasteiger partial charge in [0.2, 0.25) is 5.91 Å². The molecule has 1 saturated heterocycles. The first-order chi connectivity index (χ1) is 13.6. The molecule has 6 heteroatoms. The lowest BCUT2D eigenvalue weighted by atomic mass is 10.1. The van der Waals surface area contributed by atoms with Crippen LogP contribution in [0.2, 0.25) is 0 Å². The predicted molar refractivity (Wildman–Crippen MR) is 107 cm³/mol. The maximum atomic E-state index is 12.7. The van der Waals surface area contributed by atoms with Crippen molar-refractivity contribution < 1.29 is 9.53 Å². The van der Waals surface area contributed by atoms with Crippen LogP contribution in [0.3, 0.4) is 0 Å². The number of aromatic nitrogens is 2. The number of benzene rings is 2. The highest BCUT2D eigenvalue weighted by atomic mass is 16.5. The van der Waals surface area contributed by atoms with Gasteiger partial charge in [-0.1, -0.05) is 36.4 Å². The Balaban J connectivity index is 1.41. The number of aryl methyl sites for hydroxylation is 1. The van der Waals surface area contributed by atoms with E-state index in [0.717, 1.165) is 29.7 Å². The first-order valence-corrected chi connectivity index (χ1v) is 9.58. The van der Waals surface area contributed by atoms with Crippen LogP contribution in [0.4, 0.5) is 0 Å². The Bertz CT molecular complexity index is 1040. The maximum Gasteiger partial charge on any atom is 0.275 e. The molecular weight excluding hydrogens is 354 g/mol. The molecule has 2 aromatic carbocycles. The van der Waals surface area contributed by atoms with Gasteiger partial charge in [-0.15, -0.1) is 0 Å². The van der Waals surface area contributed by atoms with Crippen LogP contribution in [0, 0.1) is 6.92 Å². The quantitative estimate of drug-likeness (QED) is 0.701. The normalized spacial score (nSPS) is 15.0. The van der Waals surface area contributed by atoms with Crippen molar-refractivity contribution in [3.8, 4) is 5.75 Å². The van der Waals surface area contributed by atoms with Gasteiger partial charge < -0.3 is 9.64 Å². The smallest absolute Gasteiger partial charge is 0.275 e. The summed E-state index contributed by atoms with van der Waals surface area (Å²) in [5.41, 5.74) is 0.523. The summed E-state index contributed by atoms with van der Waals surface area (Å²) in [5.74, 6) is 0.775. The average molecular weight is 377 g/mol. The van der Waals surface area contributed by atoms with Crippen LogP contribution in [0.5, 0.6) is 5.75 Å². The summed E-state index contributed by atoms with van der Waals surface area (Å²) >= 11 is 0. The van der Waals surface area contributed by atoms with Crippen LogP contribution in [0.15, 0.2) is 59.4 Å². The second kappa shape index (κ2) is 7.84. The van der Waals surface area contributed by atoms with Crippen molar-refractivity contribution in [1.29, 1.82) is 0 Å². The Morgan fingerprint density at radius 1 is 1.04 bits per heavy atom. The lowest BCUT2D eigenvalue weighted by Gasteiger charge is -2.32. The van der Waals surface area contributed by atoms with E-state index in [1.807, 2.05) is 55.5 Å². The molecule has 1 aromatic heterocycles. The van der Waals surface area contributed by atoms with Gasteiger partial charge in [0, 0.05) is 31.3 Å². The fourth-order valence-corrected chi connectivity index (χ4v) is 3.65. The topological polar surface area (TPSA) is 64.4 Å². The lowest BCUT2D eigenvalue weighted by Crippen LogP contribution is -2.44. The number of fused-ring (bicyclic) bond motifs is 1. The number of carbonyl (C=O) groups is 1. The summed E-state index contributed by atoms with van der Waals surface area (Å²) in [7, 11) is 0. The molecule has 4 rings (SSSR count). The molecule has 1 aliphatic heterocycles. The van der Waals surface area contributed by atoms with E-state index < -0.39 is 0 Å². The summed E-state index contributed by atoms with van der Waals surface area (Å²) in [4.78, 5) is 27.2. The number of hydrogen-bond acceptors (Lipinski definition) is 4. The van der Waals surface area contributed by atoms with Gasteiger partial charge in [0.1, 0.15) is 18.4 Å². The molecule has 0 bridgehead atoms. The van der Waals surface area contributed by atoms with E-state index in [2.05, 4.69) is 5.10 Å². The minimum atomic E-state index is -0.225. The molecule has 0 unspecified atom stereocenters. The first-order valence-electron chi connectivity index (χ1n) is 9.58. The van der Waals surface area contributed by atoms with Gasteiger partial charge in [0.15, 0.2) is 0 Å². The number of hydrogen-bond donors (Lipinski definition) is 0. The molecule has 1 fully saturated rings. The molecule has 0 spiro atoms. The van der Waals surface area contributed by atoms with Crippen molar-refractivity contribution in [3.05, 3.63) is 70.6 Å². The van der Waals surface area contributed by atoms with Crippen LogP contribution in [0.25, 0.3) is 10.8 Å². The molecule has 0 radical (unpaired) electrons. The molecule has 0 saturated carbocycles. The zero-order valence-corrected chi connectivity index (χ0v) is 15.9. The molecule has 1 aliphatic rings. The number of carbonyl (C=O) groups excluding carboxylic acids is 1. The SMILES string of the molecule is Cc1nn(CC(=O)N2CCC(Oc3ccccc3)CC2)c(=O)c2ccccc12. The van der Waals surface area contributed by atoms with Crippen molar-refractivity contribution in [2.75, 3.05) is 13.1 Å². The van der Waals surface area contributed by atoms with Gasteiger partial charge in [0.05, 0.1) is 11.1 Å². The van der Waals surface area contributed by atoms with E-state index in [-0.39, 0.29) is 24.1 Å². The van der Waals surface area contributed by atoms with E-state index in [9.17, 15) is 9.59 Å². The number of ether oxygens (including phenoxy) is 1. The summed E-state index contributed by atoms with van der Waals surface area (Å²) < 4.78 is 7.26. The van der Waals surface area contributed by atoms with Gasteiger partial charge in [-0.25, -0.2) is 4.68 Å². The average Bonchev–Trinajstić information content (AvgIpc) is 2.73. The van der Waals surface area contributed by atoms with Crippen LogP contribution in [-0.4, -0.2) is 39.8 Å². The Hall–Kier alpha value is -3.15. The third-order valence-electron chi connectivity index (χ3n) is 5.18. The molecule has 3 aromatic rings. The second-order valence-electron chi connectivity index (χ2n) is 7.10. The molecule has 2 heterocycles. The first kappa shape index (κ1) is 18.2. The largest absolute Gasteiger partial charge is 0.490 e. The number of piperidine rings is 1. The van der Waals surface area contributed by atoms with Crippen molar-refractivity contribution in [2.24, 2.45) is 0 Å². The predicted octanol–water partition coefficient (Wildman–Crippen LogP) is 2.77. The van der Waals surface area contributed by atoms with Gasteiger partial charge in [-0.2, -0.15) is 5.10 Å². The van der Waals surface area contributed by atoms with Gasteiger partial charge in [-0.3, -0.25) is 9.59 Å². The molecule has 144 valence electrons. The van der Waals surface area contributed by atoms with Crippen molar-refractivity contribution in [2.45, 2.75) is 32.4 Å². The molecule has 28 heavy (non-hydrogen) atoms. The molecule has 0 aliphatic carbocycles. The van der Waals surface area contributed by atoms with E-state index in [1.165, 1.54) is 4.68 Å². The van der Waals surface area contributed by atoms with Crippen LogP contribution in [0.1, 0.15) is 18.5 Å². The van der Waals surface area contributed by atoms with E-state index in [4.69, 9.17) is 4.74 Å². The highest BCUT2D eigenvalue weighted by molar-refractivity contribution is 5.83. The summed E-state index contributed by atoms with van der Waals surface area (Å²) in [5, 5.41) is 5.76. The monoisotopic (exact) mass is 377 g/mol. The van der Waals surface area contributed by atoms with Crippen molar-refractivity contribution in [3.63, 3.8) is 0 Å². The lowest BCUT2D eigenvalue weighted by molar-refractivity contribution is -0.133. The molecule has 6 nitrogen and oxygen atoms in total. The minimum absolute atomic E-state index is 0.0330. The van der Waals surface area contributed by atoms with E-state index >= 15 is 0 Å². The molecule has 0 N–H and O–H groups in total. The fourth-order valence-electron chi connectivity index (χ4n) is 3.65. The van der Waals surface area contributed by atoms with Crippen LogP contribution in [-0.2, 0) is 11.3 Å². The summed E-state index contributed by atoms with van der Waals surface area (Å²) in [6.45, 7) is 3.07. The third-order valence-corrected chi connectivity index (χ3v) is 5.18. The third kappa shape index (κ3) is 3.76. The van der Waals surface area contributed by atoms with Crippen LogP contribution < -0.4 is 10.3 Å². The number of amides is 1. The highest BCUT2D eigenvalue weighted by Crippen LogP contribution is 2.19. The van der Waals surface area contributed by atoms with E-state index in [0.29, 0.717) is 18.5 Å². The number of nitrogens with zero attached hydrogens (tertiary/aromatic N) is 3. The minimum Gasteiger partial charge on any atom is -0.490 e. The summed E-state index contributed by atoms with van der Waals surface area (Å²) in [6, 6.07) is 17.1. The number of para-hydroxylation sites is 1. The Morgan fingerprint density at radius 3 is 2.39 bits per heavy atom. The Morgan fingerprint density at radius 2 is 1.68 bits per heavy atom. The summed E-state index contributed by atoms with van der Waals surface area (Å²) in [6.07, 6.45) is 1.66. The fraction of sp³-hybridized carbons (Fsp3) is 0.318. The van der Waals surface area contributed by atoms with Crippen molar-refractivity contribution in [1.82, 2.24) is 14.7 Å². The maximum absolute atomic E-state index is 12.7. The second-order valence-corrected chi connectivity index (χ2v) is 7.10. The Labute approximate surface area is 163 Å². The van der Waals surface area contributed by atoms with E-state index in [1.54, 1.807) is 11.0 Å².